The maximum absolute atomic E-state index is 11.6. The number of nitrogens with zero attached hydrogens (tertiary/aromatic N) is 1. The average molecular weight is 403 g/mol. The summed E-state index contributed by atoms with van der Waals surface area (Å²) in [6.45, 7) is 0.709. The van der Waals surface area contributed by atoms with Crippen molar-refractivity contribution in [2.75, 3.05) is 5.75 Å². The van der Waals surface area contributed by atoms with Crippen LogP contribution in [0.2, 0.25) is 0 Å². The second-order valence-electron chi connectivity index (χ2n) is 5.76. The largest absolute Gasteiger partial charge is 0.339 e. The zero-order chi connectivity index (χ0) is 16.7. The van der Waals surface area contributed by atoms with E-state index in [0.29, 0.717) is 12.1 Å². The number of halogens is 1. The summed E-state index contributed by atoms with van der Waals surface area (Å²) in [5.41, 5.74) is 5.77. The molecule has 2 aromatic carbocycles. The molecule has 0 saturated heterocycles. The fourth-order valence-corrected chi connectivity index (χ4v) is 4.81. The van der Waals surface area contributed by atoms with E-state index in [4.69, 9.17) is 5.21 Å². The number of thioether (sulfide) groups is 1. The summed E-state index contributed by atoms with van der Waals surface area (Å²) in [6, 6.07) is 13.8. The van der Waals surface area contributed by atoms with Crippen LogP contribution >= 0.6 is 27.7 Å². The Morgan fingerprint density at radius 3 is 3.00 bits per heavy atom. The molecule has 2 N–H and O–H groups in total. The van der Waals surface area contributed by atoms with Crippen molar-refractivity contribution in [1.82, 2.24) is 10.0 Å². The molecule has 2 heterocycles. The minimum Gasteiger partial charge on any atom is -0.339 e. The van der Waals surface area contributed by atoms with E-state index in [9.17, 15) is 4.79 Å². The van der Waals surface area contributed by atoms with E-state index in [1.54, 1.807) is 11.5 Å². The van der Waals surface area contributed by atoms with Crippen LogP contribution < -0.4 is 5.48 Å². The SMILES string of the molecule is O=C(NO)c1cccc(Cn2c3c(c4cc(Br)ccc42)SCC3)c1. The molecule has 0 aliphatic carbocycles. The third-order valence-electron chi connectivity index (χ3n) is 4.30. The van der Waals surface area contributed by atoms with Crippen LogP contribution in [0.4, 0.5) is 0 Å². The zero-order valence-corrected chi connectivity index (χ0v) is 15.2. The second kappa shape index (κ2) is 6.27. The van der Waals surface area contributed by atoms with E-state index in [2.05, 4.69) is 38.7 Å². The lowest BCUT2D eigenvalue weighted by atomic mass is 10.1. The number of fused-ring (bicyclic) bond motifs is 3. The Balaban J connectivity index is 1.79. The summed E-state index contributed by atoms with van der Waals surface area (Å²) in [5.74, 6) is 0.624. The molecule has 1 aliphatic heterocycles. The van der Waals surface area contributed by atoms with Gasteiger partial charge in [0.15, 0.2) is 0 Å². The molecule has 1 aromatic heterocycles. The number of hydrogen-bond donors (Lipinski definition) is 2. The topological polar surface area (TPSA) is 54.3 Å². The maximum Gasteiger partial charge on any atom is 0.274 e. The number of rotatable bonds is 3. The minimum absolute atomic E-state index is 0.459. The molecule has 6 heteroatoms. The Bertz CT molecular complexity index is 952. The van der Waals surface area contributed by atoms with Crippen LogP contribution in [-0.4, -0.2) is 21.4 Å². The summed E-state index contributed by atoms with van der Waals surface area (Å²) < 4.78 is 3.43. The van der Waals surface area contributed by atoms with Gasteiger partial charge in [0, 0.05) is 43.8 Å². The summed E-state index contributed by atoms with van der Waals surface area (Å²) in [7, 11) is 0. The van der Waals surface area contributed by atoms with Gasteiger partial charge in [0.25, 0.3) is 5.91 Å². The number of benzene rings is 2. The quantitative estimate of drug-likeness (QED) is 0.509. The second-order valence-corrected chi connectivity index (χ2v) is 7.78. The zero-order valence-electron chi connectivity index (χ0n) is 12.8. The first kappa shape index (κ1) is 15.7. The lowest BCUT2D eigenvalue weighted by Gasteiger charge is -2.10. The molecule has 0 radical (unpaired) electrons. The van der Waals surface area contributed by atoms with Gasteiger partial charge >= 0.3 is 0 Å². The van der Waals surface area contributed by atoms with Crippen LogP contribution in [0.25, 0.3) is 10.9 Å². The van der Waals surface area contributed by atoms with Gasteiger partial charge < -0.3 is 4.57 Å². The molecule has 0 fully saturated rings. The van der Waals surface area contributed by atoms with Gasteiger partial charge in [-0.15, -0.1) is 11.8 Å². The highest BCUT2D eigenvalue weighted by Crippen LogP contribution is 2.41. The van der Waals surface area contributed by atoms with Crippen molar-refractivity contribution in [1.29, 1.82) is 0 Å². The van der Waals surface area contributed by atoms with E-state index >= 15 is 0 Å². The van der Waals surface area contributed by atoms with Gasteiger partial charge in [-0.2, -0.15) is 0 Å². The van der Waals surface area contributed by atoms with Gasteiger partial charge in [-0.05, 0) is 42.3 Å². The Labute approximate surface area is 151 Å². The van der Waals surface area contributed by atoms with Gasteiger partial charge in [0.1, 0.15) is 0 Å². The van der Waals surface area contributed by atoms with Gasteiger partial charge in [-0.25, -0.2) is 5.48 Å². The highest BCUT2D eigenvalue weighted by Gasteiger charge is 2.22. The fraction of sp³-hybridized carbons (Fsp3) is 0.167. The number of hydrogen-bond acceptors (Lipinski definition) is 3. The van der Waals surface area contributed by atoms with Crippen LogP contribution in [-0.2, 0) is 13.0 Å². The first-order valence-corrected chi connectivity index (χ1v) is 9.42. The molecule has 4 nitrogen and oxygen atoms in total. The first-order valence-electron chi connectivity index (χ1n) is 7.64. The Morgan fingerprint density at radius 1 is 1.29 bits per heavy atom. The molecular weight excluding hydrogens is 388 g/mol. The summed E-state index contributed by atoms with van der Waals surface area (Å²) >= 11 is 5.47. The molecule has 0 saturated carbocycles. The Kier molecular flexibility index (Phi) is 4.12. The number of aromatic nitrogens is 1. The average Bonchev–Trinajstić information content (AvgIpc) is 3.17. The van der Waals surface area contributed by atoms with E-state index in [1.165, 1.54) is 21.5 Å². The van der Waals surface area contributed by atoms with Gasteiger partial charge in [-0.1, -0.05) is 28.1 Å². The predicted molar refractivity (Wildman–Crippen MR) is 98.9 cm³/mol. The van der Waals surface area contributed by atoms with E-state index in [-0.39, 0.29) is 0 Å². The molecule has 0 spiro atoms. The lowest BCUT2D eigenvalue weighted by molar-refractivity contribution is 0.0706. The molecule has 0 atom stereocenters. The van der Waals surface area contributed by atoms with E-state index < -0.39 is 5.91 Å². The summed E-state index contributed by atoms with van der Waals surface area (Å²) in [4.78, 5) is 13.0. The Morgan fingerprint density at radius 2 is 2.17 bits per heavy atom. The number of nitrogens with one attached hydrogen (secondary N) is 1. The van der Waals surface area contributed by atoms with Crippen LogP contribution in [0.3, 0.4) is 0 Å². The number of hydroxylamine groups is 1. The van der Waals surface area contributed by atoms with Crippen LogP contribution in [0, 0.1) is 0 Å². The van der Waals surface area contributed by atoms with Gasteiger partial charge in [-0.3, -0.25) is 10.0 Å². The van der Waals surface area contributed by atoms with E-state index in [1.807, 2.05) is 30.0 Å². The minimum atomic E-state index is -0.487. The van der Waals surface area contributed by atoms with Gasteiger partial charge in [0.05, 0.1) is 0 Å². The number of amides is 1. The predicted octanol–water partition coefficient (Wildman–Crippen LogP) is 4.22. The van der Waals surface area contributed by atoms with Gasteiger partial charge in [0.2, 0.25) is 0 Å². The smallest absolute Gasteiger partial charge is 0.274 e. The van der Waals surface area contributed by atoms with Crippen molar-refractivity contribution >= 4 is 44.5 Å². The van der Waals surface area contributed by atoms with Crippen molar-refractivity contribution in [2.45, 2.75) is 17.9 Å². The highest BCUT2D eigenvalue weighted by atomic mass is 79.9. The monoisotopic (exact) mass is 402 g/mol. The third-order valence-corrected chi connectivity index (χ3v) is 5.94. The molecule has 4 rings (SSSR count). The van der Waals surface area contributed by atoms with Crippen molar-refractivity contribution in [2.24, 2.45) is 0 Å². The molecule has 1 aliphatic rings. The van der Waals surface area contributed by atoms with Crippen molar-refractivity contribution < 1.29 is 10.0 Å². The summed E-state index contributed by atoms with van der Waals surface area (Å²) in [6.07, 6.45) is 1.06. The molecule has 0 bridgehead atoms. The van der Waals surface area contributed by atoms with E-state index in [0.717, 1.165) is 22.2 Å². The highest BCUT2D eigenvalue weighted by molar-refractivity contribution is 9.10. The van der Waals surface area contributed by atoms with Crippen LogP contribution in [0.1, 0.15) is 21.6 Å². The van der Waals surface area contributed by atoms with Crippen LogP contribution in [0.15, 0.2) is 51.8 Å². The number of carbonyl (C=O) groups excluding carboxylic acids is 1. The molecule has 0 unspecified atom stereocenters. The number of carbonyl (C=O) groups is 1. The molecular formula is C18H15BrN2O2S. The molecule has 3 aromatic rings. The molecule has 24 heavy (non-hydrogen) atoms. The normalized spacial score (nSPS) is 13.2. The summed E-state index contributed by atoms with van der Waals surface area (Å²) in [5, 5.41) is 10.1. The van der Waals surface area contributed by atoms with Crippen molar-refractivity contribution in [3.63, 3.8) is 0 Å². The Hall–Kier alpha value is -1.76. The molecule has 122 valence electrons. The fourth-order valence-electron chi connectivity index (χ4n) is 3.25. The maximum atomic E-state index is 11.6. The standard InChI is InChI=1S/C18H15BrN2O2S/c19-13-4-5-15-14(9-13)17-16(6-7-24-17)21(15)10-11-2-1-3-12(8-11)18(22)20-23/h1-5,8-9,23H,6-7,10H2,(H,20,22). The first-order chi connectivity index (χ1) is 11.7. The third kappa shape index (κ3) is 2.64. The van der Waals surface area contributed by atoms with Crippen molar-refractivity contribution in [3.05, 3.63) is 63.8 Å². The lowest BCUT2D eigenvalue weighted by Crippen LogP contribution is -2.18. The molecule has 1 amide bonds. The van der Waals surface area contributed by atoms with Crippen molar-refractivity contribution in [3.8, 4) is 0 Å². The van der Waals surface area contributed by atoms with Crippen LogP contribution in [0.5, 0.6) is 0 Å².